The fourth-order valence-corrected chi connectivity index (χ4v) is 3.40. The van der Waals surface area contributed by atoms with Crippen molar-refractivity contribution in [1.29, 1.82) is 0 Å². The maximum absolute atomic E-state index is 5.42. The summed E-state index contributed by atoms with van der Waals surface area (Å²) in [5, 5.41) is 0. The van der Waals surface area contributed by atoms with E-state index in [0.717, 1.165) is 31.8 Å². The van der Waals surface area contributed by atoms with Crippen molar-refractivity contribution in [3.63, 3.8) is 0 Å². The number of thiol groups is 1. The van der Waals surface area contributed by atoms with Gasteiger partial charge >= 0.3 is 0 Å². The van der Waals surface area contributed by atoms with Crippen molar-refractivity contribution in [3.05, 3.63) is 36.1 Å². The molecule has 2 aliphatic rings. The summed E-state index contributed by atoms with van der Waals surface area (Å²) in [4.78, 5) is 4.97. The van der Waals surface area contributed by atoms with E-state index in [4.69, 9.17) is 4.74 Å². The number of likely N-dealkylation sites (tertiary alicyclic amines) is 1. The zero-order valence-electron chi connectivity index (χ0n) is 16.1. The van der Waals surface area contributed by atoms with Crippen LogP contribution in [0, 0.1) is 5.41 Å². The van der Waals surface area contributed by atoms with Crippen molar-refractivity contribution in [3.8, 4) is 0 Å². The summed E-state index contributed by atoms with van der Waals surface area (Å²) in [6.45, 7) is 16.1. The summed E-state index contributed by atoms with van der Waals surface area (Å²) in [5.41, 5.74) is 1.27. The maximum Gasteiger partial charge on any atom is 0.118 e. The van der Waals surface area contributed by atoms with E-state index in [1.165, 1.54) is 5.57 Å². The third kappa shape index (κ3) is 5.13. The summed E-state index contributed by atoms with van der Waals surface area (Å²) >= 11 is 3.53. The highest BCUT2D eigenvalue weighted by molar-refractivity contribution is 7.79. The number of rotatable bonds is 2. The molecule has 2 aliphatic heterocycles. The lowest BCUT2D eigenvalue weighted by Gasteiger charge is -2.41. The molecule has 0 N–H and O–H groups in total. The van der Waals surface area contributed by atoms with Crippen molar-refractivity contribution in [1.82, 2.24) is 9.80 Å². The van der Waals surface area contributed by atoms with Gasteiger partial charge in [0.15, 0.2) is 0 Å². The number of nitrogens with zero attached hydrogens (tertiary/aromatic N) is 2. The average molecular weight is 341 g/mol. The van der Waals surface area contributed by atoms with Crippen LogP contribution < -0.4 is 0 Å². The predicted molar refractivity (Wildman–Crippen MR) is 106 cm³/mol. The molecule has 4 heteroatoms. The highest BCUT2D eigenvalue weighted by Crippen LogP contribution is 2.44. The van der Waals surface area contributed by atoms with Crippen molar-refractivity contribution in [2.45, 2.75) is 40.3 Å². The Morgan fingerprint density at radius 1 is 1.39 bits per heavy atom. The molecular formula is C19H36N2OS. The van der Waals surface area contributed by atoms with Crippen LogP contribution in [0.1, 0.15) is 34.1 Å². The summed E-state index contributed by atoms with van der Waals surface area (Å²) in [5.74, 6) is 0.898. The molecule has 23 heavy (non-hydrogen) atoms. The van der Waals surface area contributed by atoms with E-state index in [1.54, 1.807) is 13.4 Å². The van der Waals surface area contributed by atoms with Crippen LogP contribution in [0.2, 0.25) is 0 Å². The van der Waals surface area contributed by atoms with Crippen molar-refractivity contribution in [2.75, 3.05) is 40.0 Å². The van der Waals surface area contributed by atoms with Crippen LogP contribution >= 0.6 is 12.6 Å². The zero-order valence-corrected chi connectivity index (χ0v) is 17.0. The van der Waals surface area contributed by atoms with E-state index in [1.807, 2.05) is 19.9 Å². The fraction of sp³-hybridized carbons (Fsp3) is 0.684. The number of ether oxygens (including phenoxy) is 1. The van der Waals surface area contributed by atoms with Gasteiger partial charge < -0.3 is 4.74 Å². The number of hydrogen-bond donors (Lipinski definition) is 1. The number of fused-ring (bicyclic) bond motifs is 1. The van der Waals surface area contributed by atoms with Gasteiger partial charge in [0.2, 0.25) is 0 Å². The van der Waals surface area contributed by atoms with Gasteiger partial charge in [0, 0.05) is 18.5 Å². The van der Waals surface area contributed by atoms with Crippen LogP contribution in [0.25, 0.3) is 0 Å². The molecular weight excluding hydrogens is 304 g/mol. The number of hydrogen-bond acceptors (Lipinski definition) is 4. The molecule has 2 heterocycles. The molecule has 2 atom stereocenters. The lowest BCUT2D eigenvalue weighted by atomic mass is 9.78. The number of likely N-dealkylation sites (N-methyl/N-ethyl adjacent to an activating group) is 1. The van der Waals surface area contributed by atoms with Gasteiger partial charge in [-0.15, -0.1) is 0 Å². The third-order valence-electron chi connectivity index (χ3n) is 4.62. The van der Waals surface area contributed by atoms with Gasteiger partial charge in [-0.2, -0.15) is 12.6 Å². The molecule has 0 aromatic rings. The van der Waals surface area contributed by atoms with E-state index in [-0.39, 0.29) is 5.41 Å². The standard InChI is InChI=1S/C16H26N2O.C2H6.CH4S/c1-6-18-11-9-16(3)13(2)12-14(19-5)8-7-10-17(4)15(16)18;2*1-2/h7-8,12,15H,2,6,9-11H2,1,3-5H3;1-2H3;2H,1H3/b8-7-,14-12+;;. The molecule has 134 valence electrons. The van der Waals surface area contributed by atoms with Gasteiger partial charge in [-0.25, -0.2) is 0 Å². The first-order valence-corrected chi connectivity index (χ1v) is 9.43. The summed E-state index contributed by atoms with van der Waals surface area (Å²) in [6, 6.07) is 0. The number of allylic oxidation sites excluding steroid dienone is 2. The average Bonchev–Trinajstić information content (AvgIpc) is 2.95. The lowest BCUT2D eigenvalue weighted by molar-refractivity contribution is 0.0556. The van der Waals surface area contributed by atoms with E-state index in [2.05, 4.69) is 62.1 Å². The van der Waals surface area contributed by atoms with Crippen LogP contribution in [0.4, 0.5) is 0 Å². The summed E-state index contributed by atoms with van der Waals surface area (Å²) in [6.07, 6.45) is 9.58. The smallest absolute Gasteiger partial charge is 0.118 e. The van der Waals surface area contributed by atoms with E-state index in [0.29, 0.717) is 6.17 Å². The molecule has 0 saturated carbocycles. The first-order chi connectivity index (χ1) is 11.0. The third-order valence-corrected chi connectivity index (χ3v) is 4.62. The molecule has 0 aliphatic carbocycles. The van der Waals surface area contributed by atoms with Gasteiger partial charge in [-0.3, -0.25) is 9.80 Å². The van der Waals surface area contributed by atoms with Gasteiger partial charge in [0.05, 0.1) is 13.3 Å². The normalized spacial score (nSPS) is 31.7. The Labute approximate surface area is 149 Å². The second-order valence-electron chi connectivity index (χ2n) is 5.79. The quantitative estimate of drug-likeness (QED) is 0.759. The molecule has 0 radical (unpaired) electrons. The van der Waals surface area contributed by atoms with E-state index < -0.39 is 0 Å². The van der Waals surface area contributed by atoms with Gasteiger partial charge in [-0.05, 0) is 44.0 Å². The molecule has 0 aromatic carbocycles. The molecule has 1 saturated heterocycles. The van der Waals surface area contributed by atoms with Crippen molar-refractivity contribution >= 4 is 12.6 Å². The topological polar surface area (TPSA) is 15.7 Å². The SMILES string of the molecule is C=C1/C=C(OC)\C=C/CN(C)C2N(CC)CCC12C.CC.CS. The minimum absolute atomic E-state index is 0.0978. The second kappa shape index (κ2) is 11.0. The number of methoxy groups -OCH3 is 1. The first-order valence-electron chi connectivity index (χ1n) is 8.53. The molecule has 0 spiro atoms. The Kier molecular flexibility index (Phi) is 10.6. The minimum Gasteiger partial charge on any atom is -0.497 e. The first kappa shape index (κ1) is 22.3. The minimum atomic E-state index is 0.0978. The lowest BCUT2D eigenvalue weighted by Crippen LogP contribution is -2.50. The van der Waals surface area contributed by atoms with Crippen molar-refractivity contribution < 1.29 is 4.74 Å². The largest absolute Gasteiger partial charge is 0.497 e. The molecule has 2 unspecified atom stereocenters. The summed E-state index contributed by atoms with van der Waals surface area (Å²) < 4.78 is 5.42. The zero-order chi connectivity index (χ0) is 18.0. The predicted octanol–water partition coefficient (Wildman–Crippen LogP) is 4.20. The molecule has 0 bridgehead atoms. The molecule has 2 rings (SSSR count). The van der Waals surface area contributed by atoms with Gasteiger partial charge in [0.25, 0.3) is 0 Å². The maximum atomic E-state index is 5.42. The molecule has 1 fully saturated rings. The molecule has 0 amide bonds. The highest BCUT2D eigenvalue weighted by Gasteiger charge is 2.46. The Balaban J connectivity index is 0.00000112. The van der Waals surface area contributed by atoms with Crippen LogP contribution in [0.3, 0.4) is 0 Å². The molecule has 0 aromatic heterocycles. The van der Waals surface area contributed by atoms with Gasteiger partial charge in [0.1, 0.15) is 5.76 Å². The van der Waals surface area contributed by atoms with Crippen LogP contribution in [0.5, 0.6) is 0 Å². The molecule has 3 nitrogen and oxygen atoms in total. The van der Waals surface area contributed by atoms with Crippen LogP contribution in [0.15, 0.2) is 36.1 Å². The Morgan fingerprint density at radius 2 is 2.00 bits per heavy atom. The van der Waals surface area contributed by atoms with E-state index >= 15 is 0 Å². The summed E-state index contributed by atoms with van der Waals surface area (Å²) in [7, 11) is 3.92. The van der Waals surface area contributed by atoms with Gasteiger partial charge in [-0.1, -0.05) is 40.3 Å². The van der Waals surface area contributed by atoms with Crippen LogP contribution in [-0.4, -0.2) is 56.0 Å². The van der Waals surface area contributed by atoms with Crippen LogP contribution in [-0.2, 0) is 4.74 Å². The second-order valence-corrected chi connectivity index (χ2v) is 5.79. The van der Waals surface area contributed by atoms with Crippen molar-refractivity contribution in [2.24, 2.45) is 5.41 Å². The Morgan fingerprint density at radius 3 is 2.52 bits per heavy atom. The monoisotopic (exact) mass is 340 g/mol. The Bertz CT molecular complexity index is 420. The highest BCUT2D eigenvalue weighted by atomic mass is 32.1. The Hall–Kier alpha value is -0.710. The van der Waals surface area contributed by atoms with E-state index in [9.17, 15) is 0 Å². The fourth-order valence-electron chi connectivity index (χ4n) is 3.40.